The van der Waals surface area contributed by atoms with Crippen molar-refractivity contribution < 1.29 is 22.4 Å². The monoisotopic (exact) mass is 490 g/mol. The number of H-pyrrole nitrogens is 1. The Hall–Kier alpha value is -2.72. The van der Waals surface area contributed by atoms with Crippen molar-refractivity contribution in [3.05, 3.63) is 46.5 Å². The summed E-state index contributed by atoms with van der Waals surface area (Å²) in [6, 6.07) is 4.52. The smallest absolute Gasteiger partial charge is 0.257 e. The Morgan fingerprint density at radius 3 is 2.29 bits per heavy atom. The fraction of sp³-hybridized carbons (Fsp3) is 0.500. The van der Waals surface area contributed by atoms with Gasteiger partial charge in [-0.15, -0.1) is 0 Å². The number of aryl methyl sites for hydroxylation is 3. The number of amides is 2. The molecule has 184 valence electrons. The van der Waals surface area contributed by atoms with Gasteiger partial charge in [-0.3, -0.25) is 9.59 Å². The van der Waals surface area contributed by atoms with Crippen LogP contribution in [0.2, 0.25) is 0 Å². The standard InChI is InChI=1S/C24H31FN4O4S/c1-15-6-7-19(14-20(15)25)27-23(30)18-8-12-29(13-9-18)34(32,33)22-17(3)26-16(2)21(22)24(31)28-10-4-5-11-28/h6-7,14,18,26H,4-5,8-13H2,1-3H3,(H,27,30). The number of benzene rings is 1. The molecule has 1 aromatic heterocycles. The topological polar surface area (TPSA) is 103 Å². The third-order valence-corrected chi connectivity index (χ3v) is 8.86. The summed E-state index contributed by atoms with van der Waals surface area (Å²) in [5.74, 6) is -1.28. The molecule has 0 unspecified atom stereocenters. The number of carbonyl (C=O) groups excluding carboxylic acids is 2. The number of aromatic nitrogens is 1. The third-order valence-electron chi connectivity index (χ3n) is 6.79. The van der Waals surface area contributed by atoms with Gasteiger partial charge in [-0.05, 0) is 64.2 Å². The van der Waals surface area contributed by atoms with Crippen LogP contribution in [0.3, 0.4) is 0 Å². The molecular weight excluding hydrogens is 459 g/mol. The van der Waals surface area contributed by atoms with Crippen LogP contribution in [-0.4, -0.2) is 60.6 Å². The summed E-state index contributed by atoms with van der Waals surface area (Å²) in [6.07, 6.45) is 2.52. The molecule has 2 aliphatic rings. The fourth-order valence-corrected chi connectivity index (χ4v) is 6.71. The summed E-state index contributed by atoms with van der Waals surface area (Å²) in [5, 5.41) is 2.73. The molecule has 34 heavy (non-hydrogen) atoms. The summed E-state index contributed by atoms with van der Waals surface area (Å²) in [4.78, 5) is 30.6. The van der Waals surface area contributed by atoms with Crippen molar-refractivity contribution in [1.29, 1.82) is 0 Å². The van der Waals surface area contributed by atoms with E-state index in [-0.39, 0.29) is 41.3 Å². The number of piperidine rings is 1. The Morgan fingerprint density at radius 1 is 1.03 bits per heavy atom. The van der Waals surface area contributed by atoms with Gasteiger partial charge in [-0.2, -0.15) is 4.31 Å². The maximum atomic E-state index is 13.8. The first kappa shape index (κ1) is 24.4. The number of carbonyl (C=O) groups is 2. The van der Waals surface area contributed by atoms with Crippen LogP contribution in [-0.2, 0) is 14.8 Å². The minimum absolute atomic E-state index is 0.0416. The summed E-state index contributed by atoms with van der Waals surface area (Å²) in [6.45, 7) is 6.64. The van der Waals surface area contributed by atoms with Gasteiger partial charge in [0.2, 0.25) is 15.9 Å². The lowest BCUT2D eigenvalue weighted by molar-refractivity contribution is -0.120. The van der Waals surface area contributed by atoms with Gasteiger partial charge in [0.15, 0.2) is 0 Å². The van der Waals surface area contributed by atoms with E-state index < -0.39 is 15.8 Å². The van der Waals surface area contributed by atoms with Crippen molar-refractivity contribution in [2.24, 2.45) is 5.92 Å². The van der Waals surface area contributed by atoms with E-state index in [0.717, 1.165) is 12.8 Å². The molecule has 0 spiro atoms. The zero-order valence-corrected chi connectivity index (χ0v) is 20.6. The van der Waals surface area contributed by atoms with Crippen LogP contribution in [0.1, 0.15) is 53.0 Å². The number of hydrogen-bond acceptors (Lipinski definition) is 4. The molecule has 2 amide bonds. The van der Waals surface area contributed by atoms with Crippen molar-refractivity contribution in [2.45, 2.75) is 51.3 Å². The van der Waals surface area contributed by atoms with Gasteiger partial charge >= 0.3 is 0 Å². The number of nitrogens with one attached hydrogen (secondary N) is 2. The highest BCUT2D eigenvalue weighted by molar-refractivity contribution is 7.89. The molecule has 1 aromatic carbocycles. The molecule has 0 saturated carbocycles. The van der Waals surface area contributed by atoms with Crippen molar-refractivity contribution in [3.8, 4) is 0 Å². The van der Waals surface area contributed by atoms with Crippen molar-refractivity contribution in [3.63, 3.8) is 0 Å². The molecule has 3 heterocycles. The molecular formula is C24H31FN4O4S. The van der Waals surface area contributed by atoms with Gasteiger partial charge in [0.1, 0.15) is 10.7 Å². The molecule has 2 fully saturated rings. The maximum absolute atomic E-state index is 13.8. The Kier molecular flexibility index (Phi) is 6.82. The van der Waals surface area contributed by atoms with E-state index in [1.165, 1.54) is 10.4 Å². The Balaban J connectivity index is 1.47. The molecule has 0 radical (unpaired) electrons. The van der Waals surface area contributed by atoms with E-state index in [4.69, 9.17) is 0 Å². The highest BCUT2D eigenvalue weighted by Crippen LogP contribution is 2.31. The summed E-state index contributed by atoms with van der Waals surface area (Å²) < 4.78 is 42.3. The Morgan fingerprint density at radius 2 is 1.68 bits per heavy atom. The molecule has 2 N–H and O–H groups in total. The predicted molar refractivity (Wildman–Crippen MR) is 127 cm³/mol. The molecule has 2 aromatic rings. The average molecular weight is 491 g/mol. The molecule has 0 bridgehead atoms. The largest absolute Gasteiger partial charge is 0.361 e. The minimum atomic E-state index is -3.92. The number of rotatable bonds is 5. The second kappa shape index (κ2) is 9.50. The Bertz CT molecular complexity index is 1210. The SMILES string of the molecule is Cc1ccc(NC(=O)C2CCN(S(=O)(=O)c3c(C)[nH]c(C)c3C(=O)N3CCCC3)CC2)cc1F. The third kappa shape index (κ3) is 4.61. The second-order valence-electron chi connectivity index (χ2n) is 9.21. The number of likely N-dealkylation sites (tertiary alicyclic amines) is 1. The molecule has 0 aliphatic carbocycles. The number of hydrogen-bond donors (Lipinski definition) is 2. The van der Waals surface area contributed by atoms with Crippen LogP contribution in [0.5, 0.6) is 0 Å². The second-order valence-corrected chi connectivity index (χ2v) is 11.1. The van der Waals surface area contributed by atoms with E-state index in [1.807, 2.05) is 0 Å². The number of aromatic amines is 1. The van der Waals surface area contributed by atoms with Gasteiger partial charge in [-0.1, -0.05) is 6.07 Å². The number of anilines is 1. The molecule has 8 nitrogen and oxygen atoms in total. The van der Waals surface area contributed by atoms with E-state index in [2.05, 4.69) is 10.3 Å². The number of halogens is 1. The van der Waals surface area contributed by atoms with Crippen LogP contribution in [0.15, 0.2) is 23.1 Å². The number of nitrogens with zero attached hydrogens (tertiary/aromatic N) is 2. The van der Waals surface area contributed by atoms with Crippen LogP contribution in [0.4, 0.5) is 10.1 Å². The summed E-state index contributed by atoms with van der Waals surface area (Å²) in [5.41, 5.74) is 2.09. The minimum Gasteiger partial charge on any atom is -0.361 e. The van der Waals surface area contributed by atoms with Gasteiger partial charge < -0.3 is 15.2 Å². The highest BCUT2D eigenvalue weighted by Gasteiger charge is 2.38. The highest BCUT2D eigenvalue weighted by atomic mass is 32.2. The summed E-state index contributed by atoms with van der Waals surface area (Å²) in [7, 11) is -3.92. The van der Waals surface area contributed by atoms with E-state index in [9.17, 15) is 22.4 Å². The van der Waals surface area contributed by atoms with Crippen molar-refractivity contribution in [2.75, 3.05) is 31.5 Å². The van der Waals surface area contributed by atoms with Crippen molar-refractivity contribution in [1.82, 2.24) is 14.2 Å². The van der Waals surface area contributed by atoms with Crippen LogP contribution < -0.4 is 5.32 Å². The number of sulfonamides is 1. The zero-order valence-electron chi connectivity index (χ0n) is 19.8. The predicted octanol–water partition coefficient (Wildman–Crippen LogP) is 3.35. The van der Waals surface area contributed by atoms with Gasteiger partial charge in [0.25, 0.3) is 5.91 Å². The average Bonchev–Trinajstić information content (AvgIpc) is 3.44. The molecule has 2 saturated heterocycles. The van der Waals surface area contributed by atoms with Gasteiger partial charge in [0, 0.05) is 49.2 Å². The summed E-state index contributed by atoms with van der Waals surface area (Å²) >= 11 is 0. The first-order valence-electron chi connectivity index (χ1n) is 11.6. The first-order valence-corrected chi connectivity index (χ1v) is 13.1. The van der Waals surface area contributed by atoms with E-state index in [1.54, 1.807) is 37.8 Å². The normalized spacial score (nSPS) is 17.8. The molecule has 2 aliphatic heterocycles. The quantitative estimate of drug-likeness (QED) is 0.671. The first-order chi connectivity index (χ1) is 16.1. The lowest BCUT2D eigenvalue weighted by Crippen LogP contribution is -2.42. The zero-order chi connectivity index (χ0) is 24.6. The van der Waals surface area contributed by atoms with Crippen LogP contribution >= 0.6 is 0 Å². The molecule has 4 rings (SSSR count). The van der Waals surface area contributed by atoms with E-state index >= 15 is 0 Å². The fourth-order valence-electron chi connectivity index (χ4n) is 4.82. The van der Waals surface area contributed by atoms with E-state index in [0.29, 0.717) is 48.6 Å². The van der Waals surface area contributed by atoms with Crippen molar-refractivity contribution >= 4 is 27.5 Å². The van der Waals surface area contributed by atoms with Crippen LogP contribution in [0.25, 0.3) is 0 Å². The lowest BCUT2D eigenvalue weighted by Gasteiger charge is -2.31. The van der Waals surface area contributed by atoms with Gasteiger partial charge in [0.05, 0.1) is 5.56 Å². The lowest BCUT2D eigenvalue weighted by atomic mass is 9.97. The van der Waals surface area contributed by atoms with Gasteiger partial charge in [-0.25, -0.2) is 12.8 Å². The molecule has 0 atom stereocenters. The van der Waals surface area contributed by atoms with Crippen LogP contribution in [0, 0.1) is 32.5 Å². The molecule has 10 heteroatoms. The maximum Gasteiger partial charge on any atom is 0.257 e. The Labute approximate surface area is 199 Å².